The molecule has 1 aromatic carbocycles. The number of benzene rings is 1. The van der Waals surface area contributed by atoms with E-state index in [2.05, 4.69) is 4.72 Å². The second kappa shape index (κ2) is 5.51. The second-order valence-electron chi connectivity index (χ2n) is 4.21. The summed E-state index contributed by atoms with van der Waals surface area (Å²) < 4.78 is 26.9. The van der Waals surface area contributed by atoms with Gasteiger partial charge in [-0.3, -0.25) is 0 Å². The summed E-state index contributed by atoms with van der Waals surface area (Å²) in [5.41, 5.74) is 6.97. The average molecular weight is 256 g/mol. The van der Waals surface area contributed by atoms with Crippen molar-refractivity contribution in [3.63, 3.8) is 0 Å². The van der Waals surface area contributed by atoms with Crippen LogP contribution in [0.2, 0.25) is 0 Å². The number of nitrogens with one attached hydrogen (secondary N) is 1. The van der Waals surface area contributed by atoms with Crippen molar-refractivity contribution in [2.24, 2.45) is 0 Å². The Balaban J connectivity index is 3.04. The minimum Gasteiger partial charge on any atom is -0.399 e. The lowest BCUT2D eigenvalue weighted by Gasteiger charge is -2.15. The van der Waals surface area contributed by atoms with Crippen molar-refractivity contribution >= 4 is 15.7 Å². The zero-order valence-corrected chi connectivity index (χ0v) is 11.3. The standard InChI is InChI=1S/C12H20N2O2S/c1-4-11(5-2)14-17(15,16)12-7-9(3)6-10(13)8-12/h6-8,11,14H,4-5,13H2,1-3H3. The topological polar surface area (TPSA) is 72.2 Å². The lowest BCUT2D eigenvalue weighted by atomic mass is 10.2. The predicted octanol–water partition coefficient (Wildman–Crippen LogP) is 2.04. The van der Waals surface area contributed by atoms with Crippen LogP contribution in [0.5, 0.6) is 0 Å². The highest BCUT2D eigenvalue weighted by Crippen LogP contribution is 2.17. The number of hydrogen-bond acceptors (Lipinski definition) is 3. The monoisotopic (exact) mass is 256 g/mol. The summed E-state index contributed by atoms with van der Waals surface area (Å²) in [6, 6.07) is 4.83. The smallest absolute Gasteiger partial charge is 0.240 e. The highest BCUT2D eigenvalue weighted by molar-refractivity contribution is 7.89. The molecule has 3 N–H and O–H groups in total. The maximum atomic E-state index is 12.1. The predicted molar refractivity (Wildman–Crippen MR) is 70.3 cm³/mol. The number of nitrogen functional groups attached to an aromatic ring is 1. The van der Waals surface area contributed by atoms with Gasteiger partial charge in [-0.2, -0.15) is 0 Å². The molecule has 5 heteroatoms. The molecular weight excluding hydrogens is 236 g/mol. The fourth-order valence-electron chi connectivity index (χ4n) is 1.67. The van der Waals surface area contributed by atoms with E-state index in [-0.39, 0.29) is 10.9 Å². The van der Waals surface area contributed by atoms with Crippen molar-refractivity contribution in [3.8, 4) is 0 Å². The van der Waals surface area contributed by atoms with E-state index in [1.165, 1.54) is 6.07 Å². The zero-order chi connectivity index (χ0) is 13.1. The first kappa shape index (κ1) is 14.0. The van der Waals surface area contributed by atoms with Gasteiger partial charge in [-0.05, 0) is 43.5 Å². The summed E-state index contributed by atoms with van der Waals surface area (Å²) >= 11 is 0. The summed E-state index contributed by atoms with van der Waals surface area (Å²) in [5, 5.41) is 0. The van der Waals surface area contributed by atoms with Gasteiger partial charge >= 0.3 is 0 Å². The van der Waals surface area contributed by atoms with E-state index in [4.69, 9.17) is 5.73 Å². The van der Waals surface area contributed by atoms with E-state index in [0.29, 0.717) is 5.69 Å². The Kier molecular flexibility index (Phi) is 4.54. The summed E-state index contributed by atoms with van der Waals surface area (Å²) in [6.07, 6.45) is 1.55. The van der Waals surface area contributed by atoms with Crippen molar-refractivity contribution in [2.75, 3.05) is 5.73 Å². The fraction of sp³-hybridized carbons (Fsp3) is 0.500. The van der Waals surface area contributed by atoms with Crippen LogP contribution in [0.3, 0.4) is 0 Å². The molecular formula is C12H20N2O2S. The van der Waals surface area contributed by atoms with Crippen molar-refractivity contribution in [1.82, 2.24) is 4.72 Å². The molecule has 0 atom stereocenters. The molecule has 0 fully saturated rings. The van der Waals surface area contributed by atoms with E-state index in [0.717, 1.165) is 18.4 Å². The summed E-state index contributed by atoms with van der Waals surface area (Å²) in [4.78, 5) is 0.238. The second-order valence-corrected chi connectivity index (χ2v) is 5.93. The Labute approximate surface area is 103 Å². The molecule has 0 radical (unpaired) electrons. The van der Waals surface area contributed by atoms with Gasteiger partial charge in [-0.1, -0.05) is 13.8 Å². The van der Waals surface area contributed by atoms with Crippen LogP contribution in [0.4, 0.5) is 5.69 Å². The molecule has 0 aromatic heterocycles. The number of rotatable bonds is 5. The molecule has 0 heterocycles. The van der Waals surface area contributed by atoms with Gasteiger partial charge in [0.05, 0.1) is 4.90 Å². The quantitative estimate of drug-likeness (QED) is 0.792. The van der Waals surface area contributed by atoms with Gasteiger partial charge in [0.15, 0.2) is 0 Å². The van der Waals surface area contributed by atoms with E-state index >= 15 is 0 Å². The minimum atomic E-state index is -3.46. The first-order valence-corrected chi connectivity index (χ1v) is 7.26. The van der Waals surface area contributed by atoms with Crippen LogP contribution in [-0.4, -0.2) is 14.5 Å². The Morgan fingerprint density at radius 2 is 1.82 bits per heavy atom. The molecule has 17 heavy (non-hydrogen) atoms. The number of anilines is 1. The van der Waals surface area contributed by atoms with E-state index in [9.17, 15) is 8.42 Å². The van der Waals surface area contributed by atoms with Crippen LogP contribution < -0.4 is 10.5 Å². The number of nitrogens with two attached hydrogens (primary N) is 1. The maximum absolute atomic E-state index is 12.1. The number of sulfonamides is 1. The summed E-state index contributed by atoms with van der Waals surface area (Å²) in [7, 11) is -3.46. The first-order valence-electron chi connectivity index (χ1n) is 5.78. The van der Waals surface area contributed by atoms with E-state index in [1.807, 2.05) is 20.8 Å². The molecule has 0 aliphatic carbocycles. The van der Waals surface area contributed by atoms with Crippen LogP contribution in [0.15, 0.2) is 23.1 Å². The van der Waals surface area contributed by atoms with Gasteiger partial charge in [-0.25, -0.2) is 13.1 Å². The zero-order valence-electron chi connectivity index (χ0n) is 10.5. The van der Waals surface area contributed by atoms with E-state index in [1.54, 1.807) is 12.1 Å². The van der Waals surface area contributed by atoms with Gasteiger partial charge in [0.2, 0.25) is 10.0 Å². The Bertz CT molecular complexity index is 459. The van der Waals surface area contributed by atoms with E-state index < -0.39 is 10.0 Å². The maximum Gasteiger partial charge on any atom is 0.240 e. The number of aryl methyl sites for hydroxylation is 1. The highest BCUT2D eigenvalue weighted by atomic mass is 32.2. The lowest BCUT2D eigenvalue weighted by Crippen LogP contribution is -2.33. The Hall–Kier alpha value is -1.07. The molecule has 0 unspecified atom stereocenters. The molecule has 0 saturated heterocycles. The van der Waals surface area contributed by atoms with Crippen LogP contribution >= 0.6 is 0 Å². The molecule has 4 nitrogen and oxygen atoms in total. The third-order valence-corrected chi connectivity index (χ3v) is 4.19. The summed E-state index contributed by atoms with van der Waals surface area (Å²) in [6.45, 7) is 5.75. The molecule has 0 spiro atoms. The minimum absolute atomic E-state index is 0.0262. The normalized spacial score (nSPS) is 12.0. The third-order valence-electron chi connectivity index (χ3n) is 2.69. The molecule has 0 saturated carbocycles. The molecule has 0 bridgehead atoms. The van der Waals surface area contributed by atoms with Crippen molar-refractivity contribution < 1.29 is 8.42 Å². The summed E-state index contributed by atoms with van der Waals surface area (Å²) in [5.74, 6) is 0. The lowest BCUT2D eigenvalue weighted by molar-refractivity contribution is 0.530. The van der Waals surface area contributed by atoms with Gasteiger partial charge in [0.1, 0.15) is 0 Å². The van der Waals surface area contributed by atoms with Gasteiger partial charge in [0.25, 0.3) is 0 Å². The van der Waals surface area contributed by atoms with Crippen molar-refractivity contribution in [3.05, 3.63) is 23.8 Å². The van der Waals surface area contributed by atoms with Gasteiger partial charge in [0, 0.05) is 11.7 Å². The van der Waals surface area contributed by atoms with Crippen molar-refractivity contribution in [2.45, 2.75) is 44.6 Å². The molecule has 1 rings (SSSR count). The van der Waals surface area contributed by atoms with Crippen LogP contribution in [0, 0.1) is 6.92 Å². The number of hydrogen-bond donors (Lipinski definition) is 2. The highest BCUT2D eigenvalue weighted by Gasteiger charge is 2.18. The molecule has 0 aliphatic rings. The Morgan fingerprint density at radius 1 is 1.24 bits per heavy atom. The molecule has 0 aliphatic heterocycles. The first-order chi connectivity index (χ1) is 7.89. The van der Waals surface area contributed by atoms with Crippen molar-refractivity contribution in [1.29, 1.82) is 0 Å². The SMILES string of the molecule is CCC(CC)NS(=O)(=O)c1cc(C)cc(N)c1. The third kappa shape index (κ3) is 3.71. The van der Waals surface area contributed by atoms with Crippen LogP contribution in [-0.2, 0) is 10.0 Å². The molecule has 1 aromatic rings. The van der Waals surface area contributed by atoms with Crippen LogP contribution in [0.1, 0.15) is 32.3 Å². The average Bonchev–Trinajstić information content (AvgIpc) is 2.24. The van der Waals surface area contributed by atoms with Gasteiger partial charge in [-0.15, -0.1) is 0 Å². The fourth-order valence-corrected chi connectivity index (χ4v) is 3.22. The molecule has 0 amide bonds. The largest absolute Gasteiger partial charge is 0.399 e. The molecule has 96 valence electrons. The van der Waals surface area contributed by atoms with Gasteiger partial charge < -0.3 is 5.73 Å². The Morgan fingerprint density at radius 3 is 2.29 bits per heavy atom. The van der Waals surface area contributed by atoms with Crippen LogP contribution in [0.25, 0.3) is 0 Å².